The number of carbonyl (C=O) groups is 2. The van der Waals surface area contributed by atoms with Crippen molar-refractivity contribution in [3.8, 4) is 0 Å². The molecule has 1 atom stereocenters. The second kappa shape index (κ2) is 8.51. The molecule has 2 aromatic carbocycles. The first-order chi connectivity index (χ1) is 14.4. The molecule has 0 spiro atoms. The maximum atomic E-state index is 13.2. The number of Topliss-reactive ketones (excluding diaryl/α,β-unsaturated/α-hetero) is 1. The zero-order chi connectivity index (χ0) is 23.1. The van der Waals surface area contributed by atoms with E-state index < -0.39 is 17.7 Å². The Kier molecular flexibility index (Phi) is 6.33. The van der Waals surface area contributed by atoms with Crippen LogP contribution in [-0.2, 0) is 15.0 Å². The fourth-order valence-electron chi connectivity index (χ4n) is 3.99. The summed E-state index contributed by atoms with van der Waals surface area (Å²) in [7, 11) is 0. The van der Waals surface area contributed by atoms with Crippen LogP contribution < -0.4 is 4.90 Å². The topological polar surface area (TPSA) is 57.6 Å². The van der Waals surface area contributed by atoms with E-state index in [9.17, 15) is 14.7 Å². The summed E-state index contributed by atoms with van der Waals surface area (Å²) in [4.78, 5) is 27.8. The molecule has 2 aromatic rings. The third-order valence-corrected chi connectivity index (χ3v) is 5.85. The standard InChI is InChI=1S/C26H30ClNO3/c1-15(2)13-21(29)22-23(17-7-9-18(10-8-17)26(4,5)6)28(25(31)24(22)30)20-12-11-19(27)14-16(20)3/h7-12,14-15,23,30H,13H2,1-6H3. The highest BCUT2D eigenvalue weighted by Crippen LogP contribution is 2.43. The Morgan fingerprint density at radius 2 is 1.74 bits per heavy atom. The van der Waals surface area contributed by atoms with Crippen molar-refractivity contribution in [2.75, 3.05) is 4.90 Å². The van der Waals surface area contributed by atoms with Gasteiger partial charge in [-0.05, 0) is 53.1 Å². The van der Waals surface area contributed by atoms with Crippen LogP contribution in [0.1, 0.15) is 63.8 Å². The number of halogens is 1. The van der Waals surface area contributed by atoms with E-state index >= 15 is 0 Å². The zero-order valence-corrected chi connectivity index (χ0v) is 19.7. The Morgan fingerprint density at radius 1 is 1.13 bits per heavy atom. The summed E-state index contributed by atoms with van der Waals surface area (Å²) in [6.45, 7) is 12.1. The lowest BCUT2D eigenvalue weighted by atomic mass is 9.85. The minimum absolute atomic E-state index is 0.0231. The molecule has 0 radical (unpaired) electrons. The normalized spacial score (nSPS) is 17.1. The van der Waals surface area contributed by atoms with E-state index in [0.29, 0.717) is 10.7 Å². The van der Waals surface area contributed by atoms with Crippen molar-refractivity contribution in [1.82, 2.24) is 0 Å². The summed E-state index contributed by atoms with van der Waals surface area (Å²) in [6, 6.07) is 12.5. The highest BCUT2D eigenvalue weighted by atomic mass is 35.5. The van der Waals surface area contributed by atoms with Crippen molar-refractivity contribution in [1.29, 1.82) is 0 Å². The zero-order valence-electron chi connectivity index (χ0n) is 19.0. The molecule has 0 bridgehead atoms. The molecule has 164 valence electrons. The highest BCUT2D eigenvalue weighted by molar-refractivity contribution is 6.30. The number of aryl methyl sites for hydroxylation is 1. The second-order valence-electron chi connectivity index (χ2n) is 9.66. The molecule has 5 heteroatoms. The van der Waals surface area contributed by atoms with Gasteiger partial charge in [0, 0.05) is 17.1 Å². The molecule has 3 rings (SSSR count). The van der Waals surface area contributed by atoms with Crippen LogP contribution in [0.3, 0.4) is 0 Å². The Hall–Kier alpha value is -2.59. The molecule has 31 heavy (non-hydrogen) atoms. The van der Waals surface area contributed by atoms with Gasteiger partial charge in [-0.15, -0.1) is 0 Å². The molecule has 0 aliphatic carbocycles. The number of rotatable bonds is 5. The number of ketones is 1. The largest absolute Gasteiger partial charge is 0.503 e. The number of benzene rings is 2. The summed E-state index contributed by atoms with van der Waals surface area (Å²) in [5.41, 5.74) is 3.49. The van der Waals surface area contributed by atoms with Crippen LogP contribution in [0.2, 0.25) is 5.02 Å². The number of nitrogens with zero attached hydrogens (tertiary/aromatic N) is 1. The molecular weight excluding hydrogens is 410 g/mol. The van der Waals surface area contributed by atoms with Crippen molar-refractivity contribution in [2.24, 2.45) is 5.92 Å². The van der Waals surface area contributed by atoms with Crippen LogP contribution in [-0.4, -0.2) is 16.8 Å². The summed E-state index contributed by atoms with van der Waals surface area (Å²) in [6.07, 6.45) is 0.261. The van der Waals surface area contributed by atoms with Gasteiger partial charge in [-0.25, -0.2) is 0 Å². The maximum Gasteiger partial charge on any atom is 0.294 e. The Labute approximate surface area is 189 Å². The lowest BCUT2D eigenvalue weighted by molar-refractivity contribution is -0.118. The SMILES string of the molecule is Cc1cc(Cl)ccc1N1C(=O)C(O)=C(C(=O)CC(C)C)C1c1ccc(C(C)(C)C)cc1. The first-order valence-corrected chi connectivity index (χ1v) is 11.0. The third-order valence-electron chi connectivity index (χ3n) is 5.61. The lowest BCUT2D eigenvalue weighted by Gasteiger charge is -2.29. The van der Waals surface area contributed by atoms with Crippen LogP contribution in [0.25, 0.3) is 0 Å². The molecule has 0 fully saturated rings. The summed E-state index contributed by atoms with van der Waals surface area (Å²) >= 11 is 6.12. The van der Waals surface area contributed by atoms with Crippen molar-refractivity contribution >= 4 is 29.0 Å². The first kappa shape index (κ1) is 23.1. The quantitative estimate of drug-likeness (QED) is 0.581. The predicted molar refractivity (Wildman–Crippen MR) is 126 cm³/mol. The van der Waals surface area contributed by atoms with Gasteiger partial charge in [0.2, 0.25) is 0 Å². The summed E-state index contributed by atoms with van der Waals surface area (Å²) in [5, 5.41) is 11.3. The second-order valence-corrected chi connectivity index (χ2v) is 10.1. The number of hydrogen-bond donors (Lipinski definition) is 1. The van der Waals surface area contributed by atoms with Crippen LogP contribution in [0.5, 0.6) is 0 Å². The molecule has 1 aliphatic heterocycles. The fourth-order valence-corrected chi connectivity index (χ4v) is 4.22. The van der Waals surface area contributed by atoms with Gasteiger partial charge in [0.05, 0.1) is 11.6 Å². The van der Waals surface area contributed by atoms with Gasteiger partial charge in [-0.1, -0.05) is 70.5 Å². The summed E-state index contributed by atoms with van der Waals surface area (Å²) in [5.74, 6) is -1.13. The maximum absolute atomic E-state index is 13.2. The van der Waals surface area contributed by atoms with E-state index in [1.807, 2.05) is 45.0 Å². The molecule has 1 unspecified atom stereocenters. The Morgan fingerprint density at radius 3 is 2.26 bits per heavy atom. The van der Waals surface area contributed by atoms with Gasteiger partial charge in [0.15, 0.2) is 11.5 Å². The smallest absolute Gasteiger partial charge is 0.294 e. The van der Waals surface area contributed by atoms with Crippen molar-refractivity contribution < 1.29 is 14.7 Å². The molecule has 1 heterocycles. The molecule has 0 saturated carbocycles. The van der Waals surface area contributed by atoms with Gasteiger partial charge >= 0.3 is 0 Å². The van der Waals surface area contributed by atoms with E-state index in [-0.39, 0.29) is 29.1 Å². The number of anilines is 1. The van der Waals surface area contributed by atoms with Gasteiger partial charge in [-0.2, -0.15) is 0 Å². The molecule has 1 N–H and O–H groups in total. The monoisotopic (exact) mass is 439 g/mol. The van der Waals surface area contributed by atoms with Gasteiger partial charge in [0.1, 0.15) is 0 Å². The van der Waals surface area contributed by atoms with Gasteiger partial charge in [-0.3, -0.25) is 14.5 Å². The van der Waals surface area contributed by atoms with E-state index in [1.54, 1.807) is 18.2 Å². The third kappa shape index (κ3) is 4.54. The molecule has 1 aliphatic rings. The average Bonchev–Trinajstić information content (AvgIpc) is 2.92. The minimum atomic E-state index is -0.687. The Bertz CT molecular complexity index is 1050. The number of amides is 1. The fraction of sp³-hybridized carbons (Fsp3) is 0.385. The van der Waals surface area contributed by atoms with Gasteiger partial charge < -0.3 is 5.11 Å². The highest BCUT2D eigenvalue weighted by Gasteiger charge is 2.44. The first-order valence-electron chi connectivity index (χ1n) is 10.6. The molecular formula is C26H30ClNO3. The van der Waals surface area contributed by atoms with Crippen LogP contribution in [0.15, 0.2) is 53.8 Å². The molecule has 0 saturated heterocycles. The van der Waals surface area contributed by atoms with Crippen LogP contribution >= 0.6 is 11.6 Å². The number of aliphatic hydroxyl groups is 1. The Balaban J connectivity index is 2.17. The molecule has 1 amide bonds. The predicted octanol–water partition coefficient (Wildman–Crippen LogP) is 6.46. The van der Waals surface area contributed by atoms with Crippen LogP contribution in [0.4, 0.5) is 5.69 Å². The van der Waals surface area contributed by atoms with Crippen molar-refractivity contribution in [3.63, 3.8) is 0 Å². The van der Waals surface area contributed by atoms with E-state index in [1.165, 1.54) is 4.90 Å². The van der Waals surface area contributed by atoms with Gasteiger partial charge in [0.25, 0.3) is 5.91 Å². The number of hydrogen-bond acceptors (Lipinski definition) is 3. The lowest BCUT2D eigenvalue weighted by Crippen LogP contribution is -2.31. The van der Waals surface area contributed by atoms with E-state index in [0.717, 1.165) is 16.7 Å². The van der Waals surface area contributed by atoms with E-state index in [4.69, 9.17) is 11.6 Å². The molecule has 0 aromatic heterocycles. The van der Waals surface area contributed by atoms with Crippen molar-refractivity contribution in [3.05, 3.63) is 75.5 Å². The number of carbonyl (C=O) groups excluding carboxylic acids is 2. The minimum Gasteiger partial charge on any atom is -0.503 e. The molecule has 4 nitrogen and oxygen atoms in total. The van der Waals surface area contributed by atoms with E-state index in [2.05, 4.69) is 20.8 Å². The number of aliphatic hydroxyl groups excluding tert-OH is 1. The van der Waals surface area contributed by atoms with Crippen LogP contribution in [0, 0.1) is 12.8 Å². The van der Waals surface area contributed by atoms with Crippen molar-refractivity contribution in [2.45, 2.75) is 59.4 Å². The summed E-state index contributed by atoms with van der Waals surface area (Å²) < 4.78 is 0. The average molecular weight is 440 g/mol.